The van der Waals surface area contributed by atoms with Crippen molar-refractivity contribution < 1.29 is 19.1 Å². The van der Waals surface area contributed by atoms with Gasteiger partial charge in [0.25, 0.3) is 5.91 Å². The highest BCUT2D eigenvalue weighted by atomic mass is 16.5. The number of ether oxygens (including phenoxy) is 1. The highest BCUT2D eigenvalue weighted by molar-refractivity contribution is 6.23. The monoisotopic (exact) mass is 392 g/mol. The quantitative estimate of drug-likeness (QED) is 0.679. The fourth-order valence-electron chi connectivity index (χ4n) is 3.68. The minimum absolute atomic E-state index is 0.0112. The van der Waals surface area contributed by atoms with Crippen molar-refractivity contribution in [2.75, 3.05) is 11.5 Å². The summed E-state index contributed by atoms with van der Waals surface area (Å²) >= 11 is 0. The zero-order chi connectivity index (χ0) is 20.4. The van der Waals surface area contributed by atoms with Gasteiger partial charge in [-0.15, -0.1) is 0 Å². The Balaban J connectivity index is 1.58. The van der Waals surface area contributed by atoms with Gasteiger partial charge in [0.15, 0.2) is 0 Å². The number of imide groups is 1. The average Bonchev–Trinajstić information content (AvgIpc) is 3.53. The van der Waals surface area contributed by atoms with Gasteiger partial charge in [0.1, 0.15) is 11.8 Å². The van der Waals surface area contributed by atoms with Crippen molar-refractivity contribution in [3.05, 3.63) is 60.2 Å². The molecule has 1 unspecified atom stereocenters. The maximum atomic E-state index is 13.2. The van der Waals surface area contributed by atoms with E-state index in [-0.39, 0.29) is 30.1 Å². The molecule has 1 saturated carbocycles. The summed E-state index contributed by atoms with van der Waals surface area (Å²) in [5, 5.41) is 0. The zero-order valence-electron chi connectivity index (χ0n) is 16.4. The van der Waals surface area contributed by atoms with Gasteiger partial charge in [-0.25, -0.2) is 4.90 Å². The number of benzene rings is 2. The number of anilines is 1. The van der Waals surface area contributed by atoms with E-state index in [1.165, 1.54) is 4.90 Å². The maximum Gasteiger partial charge on any atom is 0.257 e. The number of carbonyl (C=O) groups is 3. The molecule has 0 bridgehead atoms. The van der Waals surface area contributed by atoms with Crippen LogP contribution in [-0.2, 0) is 20.9 Å². The molecule has 3 amide bonds. The van der Waals surface area contributed by atoms with E-state index in [0.717, 1.165) is 18.4 Å². The summed E-state index contributed by atoms with van der Waals surface area (Å²) in [6.45, 7) is 2.77. The Hall–Kier alpha value is -3.15. The smallest absolute Gasteiger partial charge is 0.257 e. The molecule has 6 heteroatoms. The molecule has 2 fully saturated rings. The number of hydrogen-bond donors (Lipinski definition) is 0. The van der Waals surface area contributed by atoms with E-state index in [1.54, 1.807) is 29.2 Å². The number of hydrogen-bond acceptors (Lipinski definition) is 4. The first-order chi connectivity index (χ1) is 14.1. The maximum absolute atomic E-state index is 13.2. The Morgan fingerprint density at radius 3 is 2.38 bits per heavy atom. The standard InChI is InChI=1S/C23H24N2O4/c1-2-29-19-12-10-18(11-13-19)25-21(26)14-20(23(25)28)24(22(27)17-8-9-17)15-16-6-4-3-5-7-16/h3-7,10-13,17,20H,2,8-9,14-15H2,1H3. The molecule has 1 atom stereocenters. The molecule has 0 spiro atoms. The van der Waals surface area contributed by atoms with Crippen LogP contribution in [0.2, 0.25) is 0 Å². The summed E-state index contributed by atoms with van der Waals surface area (Å²) in [5.74, 6) is -0.00823. The molecule has 4 rings (SSSR count). The molecule has 1 saturated heterocycles. The van der Waals surface area contributed by atoms with Crippen LogP contribution in [0, 0.1) is 5.92 Å². The van der Waals surface area contributed by atoms with Crippen LogP contribution in [0.15, 0.2) is 54.6 Å². The third kappa shape index (κ3) is 4.01. The Kier molecular flexibility index (Phi) is 5.34. The molecule has 0 N–H and O–H groups in total. The molecule has 29 heavy (non-hydrogen) atoms. The largest absolute Gasteiger partial charge is 0.494 e. The fourth-order valence-corrected chi connectivity index (χ4v) is 3.68. The van der Waals surface area contributed by atoms with E-state index in [2.05, 4.69) is 0 Å². The predicted molar refractivity (Wildman–Crippen MR) is 108 cm³/mol. The number of nitrogens with zero attached hydrogens (tertiary/aromatic N) is 2. The van der Waals surface area contributed by atoms with Crippen LogP contribution in [0.3, 0.4) is 0 Å². The molecule has 1 heterocycles. The van der Waals surface area contributed by atoms with Crippen LogP contribution < -0.4 is 9.64 Å². The van der Waals surface area contributed by atoms with Crippen molar-refractivity contribution in [1.82, 2.24) is 4.90 Å². The van der Waals surface area contributed by atoms with Crippen LogP contribution in [0.1, 0.15) is 31.7 Å². The minimum atomic E-state index is -0.762. The first kappa shape index (κ1) is 19.2. The third-order valence-corrected chi connectivity index (χ3v) is 5.31. The van der Waals surface area contributed by atoms with Gasteiger partial charge >= 0.3 is 0 Å². The number of amides is 3. The Morgan fingerprint density at radius 2 is 1.76 bits per heavy atom. The molecular formula is C23H24N2O4. The molecular weight excluding hydrogens is 368 g/mol. The topological polar surface area (TPSA) is 66.9 Å². The lowest BCUT2D eigenvalue weighted by Crippen LogP contribution is -2.45. The van der Waals surface area contributed by atoms with Gasteiger partial charge in [0.2, 0.25) is 11.8 Å². The molecule has 1 aliphatic heterocycles. The molecule has 150 valence electrons. The molecule has 2 aromatic carbocycles. The molecule has 0 radical (unpaired) electrons. The van der Waals surface area contributed by atoms with Crippen molar-refractivity contribution in [2.24, 2.45) is 5.92 Å². The van der Waals surface area contributed by atoms with Crippen LogP contribution in [0.5, 0.6) is 5.75 Å². The van der Waals surface area contributed by atoms with E-state index in [1.807, 2.05) is 37.3 Å². The summed E-state index contributed by atoms with van der Waals surface area (Å²) in [4.78, 5) is 41.6. The van der Waals surface area contributed by atoms with Crippen molar-refractivity contribution in [1.29, 1.82) is 0 Å². The highest BCUT2D eigenvalue weighted by Gasteiger charge is 2.46. The second-order valence-corrected chi connectivity index (χ2v) is 7.44. The van der Waals surface area contributed by atoms with Gasteiger partial charge < -0.3 is 9.64 Å². The summed E-state index contributed by atoms with van der Waals surface area (Å²) in [7, 11) is 0. The molecule has 2 aliphatic rings. The van der Waals surface area contributed by atoms with E-state index < -0.39 is 6.04 Å². The Bertz CT molecular complexity index is 906. The molecule has 1 aliphatic carbocycles. The minimum Gasteiger partial charge on any atom is -0.494 e. The van der Waals surface area contributed by atoms with Gasteiger partial charge in [0.05, 0.1) is 18.7 Å². The Morgan fingerprint density at radius 1 is 1.07 bits per heavy atom. The zero-order valence-corrected chi connectivity index (χ0v) is 16.4. The normalized spacial score (nSPS) is 18.8. The van der Waals surface area contributed by atoms with Crippen molar-refractivity contribution >= 4 is 23.4 Å². The van der Waals surface area contributed by atoms with Gasteiger partial charge in [-0.05, 0) is 49.6 Å². The van der Waals surface area contributed by atoms with Crippen molar-refractivity contribution in [3.8, 4) is 5.75 Å². The van der Waals surface area contributed by atoms with Crippen LogP contribution in [0.4, 0.5) is 5.69 Å². The molecule has 0 aromatic heterocycles. The lowest BCUT2D eigenvalue weighted by Gasteiger charge is -2.28. The van der Waals surface area contributed by atoms with Crippen LogP contribution >= 0.6 is 0 Å². The van der Waals surface area contributed by atoms with Gasteiger partial charge in [-0.3, -0.25) is 14.4 Å². The van der Waals surface area contributed by atoms with E-state index >= 15 is 0 Å². The lowest BCUT2D eigenvalue weighted by atomic mass is 10.1. The summed E-state index contributed by atoms with van der Waals surface area (Å²) in [6, 6.07) is 15.7. The Labute approximate surface area is 170 Å². The van der Waals surface area contributed by atoms with Crippen molar-refractivity contribution in [2.45, 2.75) is 38.8 Å². The third-order valence-electron chi connectivity index (χ3n) is 5.31. The van der Waals surface area contributed by atoms with Gasteiger partial charge in [-0.1, -0.05) is 30.3 Å². The van der Waals surface area contributed by atoms with Crippen molar-refractivity contribution in [3.63, 3.8) is 0 Å². The first-order valence-corrected chi connectivity index (χ1v) is 10.0. The van der Waals surface area contributed by atoms with E-state index in [9.17, 15) is 14.4 Å². The van der Waals surface area contributed by atoms with Crippen LogP contribution in [-0.4, -0.2) is 35.3 Å². The van der Waals surface area contributed by atoms with E-state index in [4.69, 9.17) is 4.74 Å². The molecule has 6 nitrogen and oxygen atoms in total. The number of carbonyl (C=O) groups excluding carboxylic acids is 3. The van der Waals surface area contributed by atoms with Gasteiger partial charge in [0, 0.05) is 12.5 Å². The average molecular weight is 392 g/mol. The fraction of sp³-hybridized carbons (Fsp3) is 0.348. The lowest BCUT2D eigenvalue weighted by molar-refractivity contribution is -0.140. The van der Waals surface area contributed by atoms with Crippen LogP contribution in [0.25, 0.3) is 0 Å². The highest BCUT2D eigenvalue weighted by Crippen LogP contribution is 2.35. The SMILES string of the molecule is CCOc1ccc(N2C(=O)CC(N(Cc3ccccc3)C(=O)C3CC3)C2=O)cc1. The first-order valence-electron chi connectivity index (χ1n) is 10.0. The summed E-state index contributed by atoms with van der Waals surface area (Å²) in [5.41, 5.74) is 1.45. The summed E-state index contributed by atoms with van der Waals surface area (Å²) < 4.78 is 5.43. The predicted octanol–water partition coefficient (Wildman–Crippen LogP) is 3.16. The number of rotatable bonds is 7. The van der Waals surface area contributed by atoms with E-state index in [0.29, 0.717) is 24.6 Å². The second-order valence-electron chi connectivity index (χ2n) is 7.44. The summed E-state index contributed by atoms with van der Waals surface area (Å²) in [6.07, 6.45) is 1.71. The molecule has 2 aromatic rings. The second kappa shape index (κ2) is 8.07. The van der Waals surface area contributed by atoms with Gasteiger partial charge in [-0.2, -0.15) is 0 Å².